The van der Waals surface area contributed by atoms with E-state index in [1.165, 1.54) is 22.9 Å². The summed E-state index contributed by atoms with van der Waals surface area (Å²) < 4.78 is 52.5. The molecule has 33 heavy (non-hydrogen) atoms. The molecule has 170 valence electrons. The molecule has 1 aliphatic heterocycles. The van der Waals surface area contributed by atoms with Crippen LogP contribution in [-0.2, 0) is 16.5 Å². The molecule has 1 aromatic heterocycles. The Balaban J connectivity index is 1.63. The number of hydrogen-bond donors (Lipinski definition) is 3. The number of carbonyl (C=O) groups excluding carboxylic acids is 3. The summed E-state index contributed by atoms with van der Waals surface area (Å²) in [6, 6.07) is 6.41. The van der Waals surface area contributed by atoms with Crippen molar-refractivity contribution in [3.63, 3.8) is 0 Å². The molecule has 1 fully saturated rings. The predicted molar refractivity (Wildman–Crippen MR) is 110 cm³/mol. The van der Waals surface area contributed by atoms with Crippen LogP contribution in [0.4, 0.5) is 22.4 Å². The normalized spacial score (nSPS) is 18.1. The number of benzene rings is 2. The van der Waals surface area contributed by atoms with Gasteiger partial charge in [0.1, 0.15) is 5.82 Å². The van der Waals surface area contributed by atoms with Crippen LogP contribution < -0.4 is 16.0 Å². The first-order valence-corrected chi connectivity index (χ1v) is 10.3. The standard InChI is InChI=1S/C21H14F4N4O3S/c22-13-5-6-14(15(7-13)11-1-3-12(4-2-11)21(23,24)25)17(30)26-9-20(16-8-33-10-27-16)18(31)28-19(32)29-20/h1-8,10H,9H2,(H,26,30)(H2,28,29,31,32). The molecule has 3 N–H and O–H groups in total. The average Bonchev–Trinajstić information content (AvgIpc) is 3.40. The summed E-state index contributed by atoms with van der Waals surface area (Å²) in [5.74, 6) is -2.13. The molecule has 1 aliphatic rings. The fraction of sp³-hybridized carbons (Fsp3) is 0.143. The van der Waals surface area contributed by atoms with Crippen LogP contribution in [0.1, 0.15) is 21.6 Å². The highest BCUT2D eigenvalue weighted by Crippen LogP contribution is 2.32. The molecular weight excluding hydrogens is 464 g/mol. The maximum Gasteiger partial charge on any atom is 0.416 e. The van der Waals surface area contributed by atoms with E-state index in [2.05, 4.69) is 20.9 Å². The Morgan fingerprint density at radius 2 is 1.85 bits per heavy atom. The van der Waals surface area contributed by atoms with Gasteiger partial charge >= 0.3 is 12.2 Å². The highest BCUT2D eigenvalue weighted by molar-refractivity contribution is 7.07. The van der Waals surface area contributed by atoms with Gasteiger partial charge in [0.05, 0.1) is 23.3 Å². The van der Waals surface area contributed by atoms with Gasteiger partial charge in [-0.15, -0.1) is 11.3 Å². The smallest absolute Gasteiger partial charge is 0.349 e. The second-order valence-corrected chi connectivity index (χ2v) is 7.85. The van der Waals surface area contributed by atoms with Gasteiger partial charge in [-0.05, 0) is 41.5 Å². The largest absolute Gasteiger partial charge is 0.416 e. The molecule has 4 amide bonds. The molecule has 0 spiro atoms. The molecule has 1 atom stereocenters. The third-order valence-electron chi connectivity index (χ3n) is 5.07. The zero-order valence-corrected chi connectivity index (χ0v) is 17.3. The number of rotatable bonds is 5. The molecule has 2 heterocycles. The summed E-state index contributed by atoms with van der Waals surface area (Å²) in [6.45, 7) is -0.364. The summed E-state index contributed by atoms with van der Waals surface area (Å²) in [6.07, 6.45) is -4.54. The van der Waals surface area contributed by atoms with Crippen molar-refractivity contribution in [3.8, 4) is 11.1 Å². The van der Waals surface area contributed by atoms with Gasteiger partial charge in [0.25, 0.3) is 11.8 Å². The maximum atomic E-state index is 13.9. The maximum absolute atomic E-state index is 13.9. The van der Waals surface area contributed by atoms with Gasteiger partial charge in [0.2, 0.25) is 0 Å². The van der Waals surface area contributed by atoms with Gasteiger partial charge in [-0.1, -0.05) is 12.1 Å². The van der Waals surface area contributed by atoms with Gasteiger partial charge in [-0.3, -0.25) is 14.9 Å². The lowest BCUT2D eigenvalue weighted by atomic mass is 9.95. The van der Waals surface area contributed by atoms with Gasteiger partial charge in [0.15, 0.2) is 5.54 Å². The van der Waals surface area contributed by atoms with E-state index in [1.54, 1.807) is 5.38 Å². The molecule has 3 aromatic rings. The van der Waals surface area contributed by atoms with Crippen LogP contribution in [0.2, 0.25) is 0 Å². The lowest BCUT2D eigenvalue weighted by Gasteiger charge is -2.24. The van der Waals surface area contributed by atoms with E-state index in [0.29, 0.717) is 0 Å². The van der Waals surface area contributed by atoms with E-state index in [0.717, 1.165) is 36.4 Å². The van der Waals surface area contributed by atoms with Crippen molar-refractivity contribution in [2.75, 3.05) is 6.54 Å². The number of alkyl halides is 3. The van der Waals surface area contributed by atoms with E-state index < -0.39 is 40.9 Å². The molecule has 1 saturated heterocycles. The fourth-order valence-corrected chi connectivity index (χ4v) is 4.04. The summed E-state index contributed by atoms with van der Waals surface area (Å²) in [7, 11) is 0. The minimum Gasteiger partial charge on any atom is -0.349 e. The van der Waals surface area contributed by atoms with Crippen molar-refractivity contribution in [2.24, 2.45) is 0 Å². The highest BCUT2D eigenvalue weighted by atomic mass is 32.1. The molecule has 0 radical (unpaired) electrons. The van der Waals surface area contributed by atoms with Crippen molar-refractivity contribution >= 4 is 29.2 Å². The molecule has 0 bridgehead atoms. The first-order chi connectivity index (χ1) is 15.6. The van der Waals surface area contributed by atoms with E-state index >= 15 is 0 Å². The van der Waals surface area contributed by atoms with Gasteiger partial charge < -0.3 is 10.6 Å². The quantitative estimate of drug-likeness (QED) is 0.387. The number of imide groups is 1. The molecule has 1 unspecified atom stereocenters. The Kier molecular flexibility index (Phi) is 5.62. The molecule has 0 aliphatic carbocycles. The molecule has 4 rings (SSSR count). The van der Waals surface area contributed by atoms with Crippen LogP contribution in [0.15, 0.2) is 53.4 Å². The van der Waals surface area contributed by atoms with E-state index in [9.17, 15) is 31.9 Å². The SMILES string of the molecule is O=C1NC(=O)C(CNC(=O)c2ccc(F)cc2-c2ccc(C(F)(F)F)cc2)(c2cscn2)N1. The Morgan fingerprint density at radius 1 is 1.12 bits per heavy atom. The lowest BCUT2D eigenvalue weighted by Crippen LogP contribution is -2.52. The van der Waals surface area contributed by atoms with E-state index in [-0.39, 0.29) is 28.9 Å². The number of hydrogen-bond acceptors (Lipinski definition) is 5. The third kappa shape index (κ3) is 4.29. The van der Waals surface area contributed by atoms with Crippen LogP contribution in [-0.4, -0.2) is 29.4 Å². The number of nitrogens with one attached hydrogen (secondary N) is 3. The number of amides is 4. The van der Waals surface area contributed by atoms with Crippen molar-refractivity contribution in [3.05, 3.63) is 76.0 Å². The van der Waals surface area contributed by atoms with E-state index in [4.69, 9.17) is 0 Å². The average molecular weight is 478 g/mol. The molecule has 0 saturated carbocycles. The molecule has 2 aromatic carbocycles. The molecular formula is C21H14F4N4O3S. The van der Waals surface area contributed by atoms with Gasteiger partial charge in [0, 0.05) is 10.9 Å². The summed E-state index contributed by atoms with van der Waals surface area (Å²) in [5, 5.41) is 8.65. The van der Waals surface area contributed by atoms with Crippen LogP contribution >= 0.6 is 11.3 Å². The Morgan fingerprint density at radius 3 is 2.42 bits per heavy atom. The van der Waals surface area contributed by atoms with Crippen molar-refractivity contribution in [1.29, 1.82) is 0 Å². The Hall–Kier alpha value is -3.80. The number of aromatic nitrogens is 1. The zero-order chi connectivity index (χ0) is 23.8. The summed E-state index contributed by atoms with van der Waals surface area (Å²) in [5.41, 5.74) is -0.632. The van der Waals surface area contributed by atoms with Crippen molar-refractivity contribution in [2.45, 2.75) is 11.7 Å². The summed E-state index contributed by atoms with van der Waals surface area (Å²) in [4.78, 5) is 41.2. The number of halogens is 4. The fourth-order valence-electron chi connectivity index (χ4n) is 3.41. The number of nitrogens with zero attached hydrogens (tertiary/aromatic N) is 1. The second-order valence-electron chi connectivity index (χ2n) is 7.13. The van der Waals surface area contributed by atoms with E-state index in [1.807, 2.05) is 0 Å². The minimum atomic E-state index is -4.54. The first kappa shape index (κ1) is 22.4. The van der Waals surface area contributed by atoms with Gasteiger partial charge in [-0.2, -0.15) is 13.2 Å². The first-order valence-electron chi connectivity index (χ1n) is 9.38. The third-order valence-corrected chi connectivity index (χ3v) is 5.66. The highest BCUT2D eigenvalue weighted by Gasteiger charge is 2.49. The number of carbonyl (C=O) groups is 3. The molecule has 7 nitrogen and oxygen atoms in total. The monoisotopic (exact) mass is 478 g/mol. The van der Waals surface area contributed by atoms with Crippen LogP contribution in [0.3, 0.4) is 0 Å². The molecule has 12 heteroatoms. The Labute approximate surface area is 187 Å². The topological polar surface area (TPSA) is 100 Å². The second kappa shape index (κ2) is 8.28. The van der Waals surface area contributed by atoms with Crippen molar-refractivity contribution < 1.29 is 31.9 Å². The minimum absolute atomic E-state index is 0.0330. The zero-order valence-electron chi connectivity index (χ0n) is 16.5. The van der Waals surface area contributed by atoms with Crippen LogP contribution in [0.25, 0.3) is 11.1 Å². The van der Waals surface area contributed by atoms with Crippen LogP contribution in [0, 0.1) is 5.82 Å². The predicted octanol–water partition coefficient (Wildman–Crippen LogP) is 3.43. The number of thiazole rings is 1. The van der Waals surface area contributed by atoms with Gasteiger partial charge in [-0.25, -0.2) is 14.2 Å². The number of urea groups is 1. The van der Waals surface area contributed by atoms with Crippen molar-refractivity contribution in [1.82, 2.24) is 20.9 Å². The summed E-state index contributed by atoms with van der Waals surface area (Å²) >= 11 is 1.19. The lowest BCUT2D eigenvalue weighted by molar-refractivity contribution is -0.137. The Bertz CT molecular complexity index is 1230. The van der Waals surface area contributed by atoms with Crippen LogP contribution in [0.5, 0.6) is 0 Å².